The summed E-state index contributed by atoms with van der Waals surface area (Å²) in [6.07, 6.45) is 1.80. The maximum absolute atomic E-state index is 7.46. The van der Waals surface area contributed by atoms with Gasteiger partial charge in [0.15, 0.2) is 0 Å². The van der Waals surface area contributed by atoms with Crippen molar-refractivity contribution in [3.8, 4) is 0 Å². The molecule has 1 aromatic carbocycles. The summed E-state index contributed by atoms with van der Waals surface area (Å²) in [5.74, 6) is 0.246. The quantitative estimate of drug-likeness (QED) is 0.458. The van der Waals surface area contributed by atoms with Crippen LogP contribution in [0.5, 0.6) is 0 Å². The zero-order chi connectivity index (χ0) is 13.6. The van der Waals surface area contributed by atoms with Gasteiger partial charge in [0.2, 0.25) is 0 Å². The molecule has 0 bridgehead atoms. The van der Waals surface area contributed by atoms with Crippen molar-refractivity contribution in [3.05, 3.63) is 34.3 Å². The third-order valence-corrected chi connectivity index (χ3v) is 3.53. The van der Waals surface area contributed by atoms with Crippen LogP contribution in [0.1, 0.15) is 32.3 Å². The van der Waals surface area contributed by atoms with E-state index >= 15 is 0 Å². The van der Waals surface area contributed by atoms with Crippen LogP contribution in [0.25, 0.3) is 0 Å². The van der Waals surface area contributed by atoms with Crippen molar-refractivity contribution in [2.45, 2.75) is 33.3 Å². The van der Waals surface area contributed by atoms with Gasteiger partial charge in [-0.1, -0.05) is 41.9 Å². The van der Waals surface area contributed by atoms with Crippen LogP contribution >= 0.6 is 15.9 Å². The van der Waals surface area contributed by atoms with Gasteiger partial charge in [-0.3, -0.25) is 5.41 Å². The van der Waals surface area contributed by atoms with Crippen LogP contribution in [0.2, 0.25) is 0 Å². The smallest absolute Gasteiger partial charge is 0.0963 e. The number of ether oxygens (including phenoxy) is 1. The van der Waals surface area contributed by atoms with Gasteiger partial charge in [0, 0.05) is 16.5 Å². The van der Waals surface area contributed by atoms with Crippen LogP contribution in [-0.4, -0.2) is 12.4 Å². The molecule has 3 N–H and O–H groups in total. The first-order chi connectivity index (χ1) is 8.42. The summed E-state index contributed by atoms with van der Waals surface area (Å²) in [5, 5.41) is 7.46. The third-order valence-electron chi connectivity index (χ3n) is 3.00. The number of benzene rings is 1. The molecule has 0 amide bonds. The summed E-state index contributed by atoms with van der Waals surface area (Å²) in [6, 6.07) is 8.11. The van der Waals surface area contributed by atoms with E-state index in [2.05, 4.69) is 15.9 Å². The Labute approximate surface area is 117 Å². The third kappa shape index (κ3) is 5.19. The second-order valence-corrected chi connectivity index (χ2v) is 6.00. The first-order valence-corrected chi connectivity index (χ1v) is 6.88. The summed E-state index contributed by atoms with van der Waals surface area (Å²) >= 11 is 3.40. The summed E-state index contributed by atoms with van der Waals surface area (Å²) in [7, 11) is 0. The lowest BCUT2D eigenvalue weighted by atomic mass is 9.87. The zero-order valence-corrected chi connectivity index (χ0v) is 12.6. The van der Waals surface area contributed by atoms with Crippen molar-refractivity contribution < 1.29 is 4.74 Å². The first kappa shape index (κ1) is 15.2. The highest BCUT2D eigenvalue weighted by Gasteiger charge is 2.20. The van der Waals surface area contributed by atoms with Crippen LogP contribution in [-0.2, 0) is 11.3 Å². The van der Waals surface area contributed by atoms with E-state index in [0.717, 1.165) is 17.3 Å². The molecular formula is C14H21BrN2O. The minimum atomic E-state index is -0.221. The van der Waals surface area contributed by atoms with Crippen LogP contribution < -0.4 is 5.73 Å². The minimum absolute atomic E-state index is 0.221. The first-order valence-electron chi connectivity index (χ1n) is 6.08. The number of nitrogens with two attached hydrogens (primary N) is 1. The SMILES string of the molecule is CC(C)(CCCOCc1ccc(Br)cc1)C(=N)N. The molecule has 0 aromatic heterocycles. The molecule has 18 heavy (non-hydrogen) atoms. The molecule has 0 saturated carbocycles. The van der Waals surface area contributed by atoms with Crippen LogP contribution in [0.3, 0.4) is 0 Å². The van der Waals surface area contributed by atoms with Gasteiger partial charge in [-0.25, -0.2) is 0 Å². The normalized spacial score (nSPS) is 11.5. The molecule has 100 valence electrons. The molecule has 0 saturated heterocycles. The molecule has 0 unspecified atom stereocenters. The topological polar surface area (TPSA) is 59.1 Å². The molecule has 1 aromatic rings. The molecule has 0 fully saturated rings. The average Bonchev–Trinajstić information content (AvgIpc) is 2.31. The molecule has 0 aliphatic heterocycles. The Morgan fingerprint density at radius 1 is 1.33 bits per heavy atom. The molecule has 0 radical (unpaired) electrons. The Kier molecular flexibility index (Phi) is 5.82. The van der Waals surface area contributed by atoms with E-state index in [0.29, 0.717) is 13.2 Å². The largest absolute Gasteiger partial charge is 0.387 e. The maximum Gasteiger partial charge on any atom is 0.0963 e. The lowest BCUT2D eigenvalue weighted by Crippen LogP contribution is -2.30. The summed E-state index contributed by atoms with van der Waals surface area (Å²) in [4.78, 5) is 0. The number of hydrogen-bond acceptors (Lipinski definition) is 2. The van der Waals surface area contributed by atoms with Gasteiger partial charge in [0.1, 0.15) is 0 Å². The lowest BCUT2D eigenvalue weighted by molar-refractivity contribution is 0.112. The highest BCUT2D eigenvalue weighted by Crippen LogP contribution is 2.21. The number of hydrogen-bond donors (Lipinski definition) is 2. The number of halogens is 1. The molecule has 0 atom stereocenters. The van der Waals surface area contributed by atoms with Crippen molar-refractivity contribution in [1.29, 1.82) is 5.41 Å². The fraction of sp³-hybridized carbons (Fsp3) is 0.500. The van der Waals surface area contributed by atoms with Gasteiger partial charge in [-0.05, 0) is 30.5 Å². The molecule has 0 aliphatic rings. The summed E-state index contributed by atoms with van der Waals surface area (Å²) in [6.45, 7) is 5.31. The van der Waals surface area contributed by atoms with Crippen molar-refractivity contribution in [2.75, 3.05) is 6.61 Å². The second-order valence-electron chi connectivity index (χ2n) is 5.08. The van der Waals surface area contributed by atoms with E-state index < -0.39 is 0 Å². The fourth-order valence-corrected chi connectivity index (χ4v) is 1.79. The second kappa shape index (κ2) is 6.90. The van der Waals surface area contributed by atoms with E-state index in [1.54, 1.807) is 0 Å². The lowest BCUT2D eigenvalue weighted by Gasteiger charge is -2.22. The Balaban J connectivity index is 2.20. The standard InChI is InChI=1S/C14H21BrN2O/c1-14(2,13(16)17)8-3-9-18-10-11-4-6-12(15)7-5-11/h4-7H,3,8-10H2,1-2H3,(H3,16,17). The number of amidine groups is 1. The predicted molar refractivity (Wildman–Crippen MR) is 78.7 cm³/mol. The van der Waals surface area contributed by atoms with Gasteiger partial charge in [-0.15, -0.1) is 0 Å². The Morgan fingerprint density at radius 2 is 1.94 bits per heavy atom. The Morgan fingerprint density at radius 3 is 2.50 bits per heavy atom. The fourth-order valence-electron chi connectivity index (χ4n) is 1.52. The van der Waals surface area contributed by atoms with E-state index in [-0.39, 0.29) is 11.3 Å². The Hall–Kier alpha value is -0.870. The van der Waals surface area contributed by atoms with Crippen molar-refractivity contribution in [2.24, 2.45) is 11.1 Å². The van der Waals surface area contributed by atoms with E-state index in [4.69, 9.17) is 15.9 Å². The Bertz CT molecular complexity index is 387. The van der Waals surface area contributed by atoms with Crippen LogP contribution in [0.4, 0.5) is 0 Å². The molecule has 0 heterocycles. The highest BCUT2D eigenvalue weighted by molar-refractivity contribution is 9.10. The average molecular weight is 313 g/mol. The maximum atomic E-state index is 7.46. The van der Waals surface area contributed by atoms with Crippen molar-refractivity contribution in [3.63, 3.8) is 0 Å². The van der Waals surface area contributed by atoms with Crippen molar-refractivity contribution in [1.82, 2.24) is 0 Å². The summed E-state index contributed by atoms with van der Waals surface area (Å²) < 4.78 is 6.69. The van der Waals surface area contributed by atoms with Gasteiger partial charge in [0.25, 0.3) is 0 Å². The van der Waals surface area contributed by atoms with E-state index in [1.807, 2.05) is 38.1 Å². The number of nitrogens with one attached hydrogen (secondary N) is 1. The minimum Gasteiger partial charge on any atom is -0.387 e. The zero-order valence-electron chi connectivity index (χ0n) is 11.0. The summed E-state index contributed by atoms with van der Waals surface area (Å²) in [5.41, 5.74) is 6.48. The molecule has 0 aliphatic carbocycles. The highest BCUT2D eigenvalue weighted by atomic mass is 79.9. The molecule has 3 nitrogen and oxygen atoms in total. The molecular weight excluding hydrogens is 292 g/mol. The van der Waals surface area contributed by atoms with E-state index in [1.165, 1.54) is 5.56 Å². The molecule has 1 rings (SSSR count). The molecule has 0 spiro atoms. The predicted octanol–water partition coefficient (Wildman–Crippen LogP) is 3.71. The number of rotatable bonds is 7. The van der Waals surface area contributed by atoms with Gasteiger partial charge < -0.3 is 10.5 Å². The van der Waals surface area contributed by atoms with Crippen molar-refractivity contribution >= 4 is 21.8 Å². The van der Waals surface area contributed by atoms with Gasteiger partial charge in [0.05, 0.1) is 12.4 Å². The monoisotopic (exact) mass is 312 g/mol. The van der Waals surface area contributed by atoms with Crippen LogP contribution in [0.15, 0.2) is 28.7 Å². The molecule has 4 heteroatoms. The van der Waals surface area contributed by atoms with Gasteiger partial charge >= 0.3 is 0 Å². The van der Waals surface area contributed by atoms with Gasteiger partial charge in [-0.2, -0.15) is 0 Å². The van der Waals surface area contributed by atoms with Crippen LogP contribution in [0, 0.1) is 10.8 Å². The van der Waals surface area contributed by atoms with E-state index in [9.17, 15) is 0 Å².